The zero-order valence-electron chi connectivity index (χ0n) is 13.0. The molecule has 1 aromatic heterocycles. The predicted octanol–water partition coefficient (Wildman–Crippen LogP) is 0.991. The quantitative estimate of drug-likeness (QED) is 0.899. The number of hydrogen-bond donors (Lipinski definition) is 1. The summed E-state index contributed by atoms with van der Waals surface area (Å²) >= 11 is 0. The van der Waals surface area contributed by atoms with E-state index in [0.29, 0.717) is 0 Å². The van der Waals surface area contributed by atoms with Crippen molar-refractivity contribution in [3.8, 4) is 0 Å². The summed E-state index contributed by atoms with van der Waals surface area (Å²) in [5.74, 6) is 1.02. The Morgan fingerprint density at radius 1 is 1.48 bits per heavy atom. The van der Waals surface area contributed by atoms with Gasteiger partial charge in [-0.3, -0.25) is 14.4 Å². The number of aromatic nitrogens is 2. The zero-order chi connectivity index (χ0) is 15.0. The molecule has 3 heterocycles. The molecule has 1 aromatic rings. The summed E-state index contributed by atoms with van der Waals surface area (Å²) in [7, 11) is 1.88. The standard InChI is InChI=1S/C15H24N4O2/c1-10-9-14(18(3)17-10)19-7-6-12(15(19)20)16-11(2)13-5-4-8-21-13/h9,11-13,16H,4-8H2,1-3H3/t11-,12+,13+/m1/s1. The first-order valence-corrected chi connectivity index (χ1v) is 7.76. The summed E-state index contributed by atoms with van der Waals surface area (Å²) in [5, 5.41) is 7.77. The molecule has 1 N–H and O–H groups in total. The molecule has 116 valence electrons. The molecule has 1 amide bonds. The third-order valence-electron chi connectivity index (χ3n) is 4.45. The highest BCUT2D eigenvalue weighted by atomic mass is 16.5. The molecule has 2 aliphatic rings. The average Bonchev–Trinajstić information content (AvgIpc) is 3.13. The van der Waals surface area contributed by atoms with Crippen molar-refractivity contribution in [2.45, 2.75) is 51.3 Å². The second-order valence-corrected chi connectivity index (χ2v) is 6.11. The molecule has 6 heteroatoms. The lowest BCUT2D eigenvalue weighted by atomic mass is 10.1. The van der Waals surface area contributed by atoms with Crippen molar-refractivity contribution >= 4 is 11.7 Å². The van der Waals surface area contributed by atoms with Crippen LogP contribution in [-0.4, -0.2) is 47.0 Å². The van der Waals surface area contributed by atoms with Crippen LogP contribution in [0.4, 0.5) is 5.82 Å². The van der Waals surface area contributed by atoms with Gasteiger partial charge >= 0.3 is 0 Å². The van der Waals surface area contributed by atoms with Gasteiger partial charge in [0, 0.05) is 32.3 Å². The van der Waals surface area contributed by atoms with Crippen LogP contribution in [0.15, 0.2) is 6.07 Å². The molecule has 0 bridgehead atoms. The highest BCUT2D eigenvalue weighted by molar-refractivity contribution is 5.98. The Hall–Kier alpha value is -1.40. The van der Waals surface area contributed by atoms with Gasteiger partial charge in [-0.05, 0) is 33.1 Å². The molecule has 0 aromatic carbocycles. The van der Waals surface area contributed by atoms with Crippen LogP contribution in [0, 0.1) is 6.92 Å². The highest BCUT2D eigenvalue weighted by Crippen LogP contribution is 2.23. The number of amides is 1. The summed E-state index contributed by atoms with van der Waals surface area (Å²) in [6.45, 7) is 5.64. The Labute approximate surface area is 125 Å². The Balaban J connectivity index is 1.64. The van der Waals surface area contributed by atoms with Crippen LogP contribution in [0.5, 0.6) is 0 Å². The third kappa shape index (κ3) is 2.82. The lowest BCUT2D eigenvalue weighted by Gasteiger charge is -2.23. The Kier molecular flexibility index (Phi) is 3.99. The lowest BCUT2D eigenvalue weighted by molar-refractivity contribution is -0.119. The van der Waals surface area contributed by atoms with Gasteiger partial charge in [0.25, 0.3) is 0 Å². The maximum atomic E-state index is 12.6. The second kappa shape index (κ2) is 5.77. The number of hydrogen-bond acceptors (Lipinski definition) is 4. The number of anilines is 1. The molecule has 2 saturated heterocycles. The summed E-state index contributed by atoms with van der Waals surface area (Å²) in [6, 6.07) is 2.07. The maximum Gasteiger partial charge on any atom is 0.245 e. The van der Waals surface area contributed by atoms with E-state index < -0.39 is 0 Å². The number of ether oxygens (including phenoxy) is 1. The molecule has 0 unspecified atom stereocenters. The number of nitrogens with zero attached hydrogens (tertiary/aromatic N) is 3. The molecule has 21 heavy (non-hydrogen) atoms. The Morgan fingerprint density at radius 3 is 2.90 bits per heavy atom. The molecule has 3 rings (SSSR count). The van der Waals surface area contributed by atoms with Crippen LogP contribution < -0.4 is 10.2 Å². The van der Waals surface area contributed by atoms with E-state index in [1.54, 1.807) is 4.68 Å². The smallest absolute Gasteiger partial charge is 0.245 e. The Morgan fingerprint density at radius 2 is 2.29 bits per heavy atom. The number of carbonyl (C=O) groups is 1. The van der Waals surface area contributed by atoms with Crippen molar-refractivity contribution in [2.24, 2.45) is 7.05 Å². The molecule has 0 radical (unpaired) electrons. The molecule has 0 saturated carbocycles. The van der Waals surface area contributed by atoms with Gasteiger partial charge in [-0.25, -0.2) is 0 Å². The normalized spacial score (nSPS) is 27.6. The van der Waals surface area contributed by atoms with Crippen LogP contribution >= 0.6 is 0 Å². The molecular weight excluding hydrogens is 268 g/mol. The number of rotatable bonds is 4. The largest absolute Gasteiger partial charge is 0.377 e. The van der Waals surface area contributed by atoms with Crippen LogP contribution in [0.3, 0.4) is 0 Å². The summed E-state index contributed by atoms with van der Waals surface area (Å²) < 4.78 is 7.47. The molecular formula is C15H24N4O2. The van der Waals surface area contributed by atoms with E-state index in [-0.39, 0.29) is 24.1 Å². The van der Waals surface area contributed by atoms with Crippen molar-refractivity contribution < 1.29 is 9.53 Å². The molecule has 6 nitrogen and oxygen atoms in total. The minimum Gasteiger partial charge on any atom is -0.377 e. The van der Waals surface area contributed by atoms with Gasteiger partial charge in [0.2, 0.25) is 5.91 Å². The topological polar surface area (TPSA) is 59.4 Å². The fourth-order valence-corrected chi connectivity index (χ4v) is 3.33. The van der Waals surface area contributed by atoms with E-state index >= 15 is 0 Å². The maximum absolute atomic E-state index is 12.6. The average molecular weight is 292 g/mol. The van der Waals surface area contributed by atoms with Crippen LogP contribution in [0.25, 0.3) is 0 Å². The third-order valence-corrected chi connectivity index (χ3v) is 4.45. The summed E-state index contributed by atoms with van der Waals surface area (Å²) in [6.07, 6.45) is 3.28. The van der Waals surface area contributed by atoms with E-state index in [0.717, 1.165) is 43.9 Å². The van der Waals surface area contributed by atoms with Crippen LogP contribution in [0.1, 0.15) is 31.9 Å². The van der Waals surface area contributed by atoms with Crippen LogP contribution in [0.2, 0.25) is 0 Å². The molecule has 0 spiro atoms. The first-order chi connectivity index (χ1) is 10.1. The fourth-order valence-electron chi connectivity index (χ4n) is 3.33. The van der Waals surface area contributed by atoms with E-state index in [1.807, 2.05) is 24.9 Å². The van der Waals surface area contributed by atoms with Gasteiger partial charge in [0.15, 0.2) is 0 Å². The highest BCUT2D eigenvalue weighted by Gasteiger charge is 2.36. The van der Waals surface area contributed by atoms with Crippen molar-refractivity contribution in [1.29, 1.82) is 0 Å². The zero-order valence-corrected chi connectivity index (χ0v) is 13.0. The second-order valence-electron chi connectivity index (χ2n) is 6.11. The van der Waals surface area contributed by atoms with Gasteiger partial charge < -0.3 is 10.1 Å². The van der Waals surface area contributed by atoms with Crippen LogP contribution in [-0.2, 0) is 16.6 Å². The van der Waals surface area contributed by atoms with E-state index in [9.17, 15) is 4.79 Å². The summed E-state index contributed by atoms with van der Waals surface area (Å²) in [5.41, 5.74) is 0.935. The van der Waals surface area contributed by atoms with Gasteiger partial charge in [-0.1, -0.05) is 0 Å². The minimum atomic E-state index is -0.112. The van der Waals surface area contributed by atoms with E-state index in [2.05, 4.69) is 17.3 Å². The van der Waals surface area contributed by atoms with E-state index in [1.165, 1.54) is 0 Å². The molecule has 2 aliphatic heterocycles. The van der Waals surface area contributed by atoms with Crippen molar-refractivity contribution in [1.82, 2.24) is 15.1 Å². The van der Waals surface area contributed by atoms with Gasteiger partial charge in [0.05, 0.1) is 17.8 Å². The SMILES string of the molecule is Cc1cc(N2CC[C@H](N[C@H](C)[C@@H]3CCCO3)C2=O)n(C)n1. The number of nitrogens with one attached hydrogen (secondary N) is 1. The minimum absolute atomic E-state index is 0.112. The fraction of sp³-hybridized carbons (Fsp3) is 0.733. The van der Waals surface area contributed by atoms with Crippen molar-refractivity contribution in [2.75, 3.05) is 18.1 Å². The van der Waals surface area contributed by atoms with E-state index in [4.69, 9.17) is 4.74 Å². The number of aryl methyl sites for hydroxylation is 2. The monoisotopic (exact) mass is 292 g/mol. The summed E-state index contributed by atoms with van der Waals surface area (Å²) in [4.78, 5) is 14.4. The Bertz CT molecular complexity index is 522. The first-order valence-electron chi connectivity index (χ1n) is 7.76. The first kappa shape index (κ1) is 14.5. The van der Waals surface area contributed by atoms with Gasteiger partial charge in [0.1, 0.15) is 5.82 Å². The predicted molar refractivity (Wildman–Crippen MR) is 80.3 cm³/mol. The van der Waals surface area contributed by atoms with Gasteiger partial charge in [-0.15, -0.1) is 0 Å². The van der Waals surface area contributed by atoms with Crippen molar-refractivity contribution in [3.05, 3.63) is 11.8 Å². The molecule has 3 atom stereocenters. The van der Waals surface area contributed by atoms with Gasteiger partial charge in [-0.2, -0.15) is 5.10 Å². The lowest BCUT2D eigenvalue weighted by Crippen LogP contribution is -2.47. The molecule has 2 fully saturated rings. The molecule has 0 aliphatic carbocycles. The van der Waals surface area contributed by atoms with Crippen molar-refractivity contribution in [3.63, 3.8) is 0 Å². The number of carbonyl (C=O) groups excluding carboxylic acids is 1.